The summed E-state index contributed by atoms with van der Waals surface area (Å²) in [5.41, 5.74) is 0. The van der Waals surface area contributed by atoms with E-state index in [2.05, 4.69) is 34.6 Å². The van der Waals surface area contributed by atoms with Gasteiger partial charge in [-0.3, -0.25) is 37.3 Å². The molecule has 3 N–H and O–H groups in total. The Kier molecular flexibility index (Phi) is 70.6. The molecule has 0 aliphatic heterocycles. The molecule has 3 unspecified atom stereocenters. The normalized spacial score (nSPS) is 14.2. The van der Waals surface area contributed by atoms with Gasteiger partial charge in [0.05, 0.1) is 26.4 Å². The number of rotatable bonds is 79. The fourth-order valence-corrected chi connectivity index (χ4v) is 13.8. The van der Waals surface area contributed by atoms with E-state index in [1.807, 2.05) is 0 Å². The Morgan fingerprint density at radius 1 is 0.286 bits per heavy atom. The van der Waals surface area contributed by atoms with E-state index in [-0.39, 0.29) is 25.7 Å². The molecule has 0 aromatic rings. The monoisotopic (exact) mass is 1440 g/mol. The highest BCUT2D eigenvalue weighted by Gasteiger charge is 2.30. The second-order valence-corrected chi connectivity index (χ2v) is 31.6. The number of carbonyl (C=O) groups is 4. The molecule has 98 heavy (non-hydrogen) atoms. The number of aliphatic hydroxyl groups is 1. The molecule has 0 rings (SSSR count). The lowest BCUT2D eigenvalue weighted by Gasteiger charge is -2.21. The number of phosphoric acid groups is 2. The van der Waals surface area contributed by atoms with Crippen molar-refractivity contribution in [2.24, 2.45) is 5.92 Å². The van der Waals surface area contributed by atoms with Gasteiger partial charge in [-0.15, -0.1) is 0 Å². The highest BCUT2D eigenvalue weighted by molar-refractivity contribution is 7.47. The summed E-state index contributed by atoms with van der Waals surface area (Å²) >= 11 is 0. The first kappa shape index (κ1) is 96.1. The summed E-state index contributed by atoms with van der Waals surface area (Å²) in [6, 6.07) is 0. The summed E-state index contributed by atoms with van der Waals surface area (Å²) in [6.07, 6.45) is 62.6. The van der Waals surface area contributed by atoms with Crippen molar-refractivity contribution in [3.8, 4) is 0 Å². The van der Waals surface area contributed by atoms with Crippen molar-refractivity contribution in [3.05, 3.63) is 0 Å². The van der Waals surface area contributed by atoms with Crippen LogP contribution in [-0.4, -0.2) is 96.7 Å². The van der Waals surface area contributed by atoms with Gasteiger partial charge in [0.1, 0.15) is 19.3 Å². The van der Waals surface area contributed by atoms with Gasteiger partial charge in [-0.05, 0) is 31.6 Å². The minimum absolute atomic E-state index is 0.107. The van der Waals surface area contributed by atoms with Crippen LogP contribution in [0.25, 0.3) is 0 Å². The molecule has 0 saturated carbocycles. The van der Waals surface area contributed by atoms with Crippen LogP contribution in [0.15, 0.2) is 0 Å². The van der Waals surface area contributed by atoms with Gasteiger partial charge >= 0.3 is 39.5 Å². The standard InChI is InChI=1S/C79H154O17P2/c1-6-10-13-16-19-21-23-24-25-26-30-33-36-40-43-48-53-58-63-77(82)90-69-75(96-79(84)65-60-55-50-45-41-37-34-31-28-27-29-32-35-39-42-47-51-56-61-72(5)9-4)71-94-98(87,88)92-67-73(80)66-91-97(85,86)93-70-74(68-89-76(81)62-57-52-46-18-15-12-8-3)95-78(83)64-59-54-49-44-38-22-20-17-14-11-7-2/h72-75,80H,6-71H2,1-5H3,(H,85,86)(H,87,88)/t72?,73-,74+,75+/m0/s1. The smallest absolute Gasteiger partial charge is 0.462 e. The Balaban J connectivity index is 5.15. The maximum absolute atomic E-state index is 13.1. The van der Waals surface area contributed by atoms with Gasteiger partial charge in [-0.1, -0.05) is 369 Å². The molecular formula is C79H154O17P2. The summed E-state index contributed by atoms with van der Waals surface area (Å²) in [5.74, 6) is -1.24. The largest absolute Gasteiger partial charge is 0.472 e. The van der Waals surface area contributed by atoms with Crippen molar-refractivity contribution in [2.45, 2.75) is 438 Å². The minimum atomic E-state index is -4.96. The molecule has 0 bridgehead atoms. The molecule has 0 spiro atoms. The van der Waals surface area contributed by atoms with Crippen LogP contribution < -0.4 is 0 Å². The Morgan fingerprint density at radius 2 is 0.490 bits per heavy atom. The highest BCUT2D eigenvalue weighted by Crippen LogP contribution is 2.45. The molecule has 0 fully saturated rings. The third-order valence-corrected chi connectivity index (χ3v) is 20.8. The van der Waals surface area contributed by atoms with E-state index in [1.165, 1.54) is 231 Å². The van der Waals surface area contributed by atoms with Crippen LogP contribution in [0, 0.1) is 5.92 Å². The number of unbranched alkanes of at least 4 members (excludes halogenated alkanes) is 50. The van der Waals surface area contributed by atoms with Crippen LogP contribution in [0.2, 0.25) is 0 Å². The lowest BCUT2D eigenvalue weighted by Crippen LogP contribution is -2.30. The molecule has 0 aromatic heterocycles. The van der Waals surface area contributed by atoms with Crippen molar-refractivity contribution in [3.63, 3.8) is 0 Å². The number of aliphatic hydroxyl groups excluding tert-OH is 1. The third-order valence-electron chi connectivity index (χ3n) is 18.9. The second-order valence-electron chi connectivity index (χ2n) is 28.7. The van der Waals surface area contributed by atoms with E-state index < -0.39 is 97.5 Å². The van der Waals surface area contributed by atoms with E-state index in [0.717, 1.165) is 109 Å². The van der Waals surface area contributed by atoms with Crippen LogP contribution in [0.3, 0.4) is 0 Å². The van der Waals surface area contributed by atoms with E-state index in [1.54, 1.807) is 0 Å². The molecule has 19 heteroatoms. The zero-order valence-electron chi connectivity index (χ0n) is 63.9. The van der Waals surface area contributed by atoms with E-state index in [0.29, 0.717) is 25.7 Å². The van der Waals surface area contributed by atoms with Crippen molar-refractivity contribution >= 4 is 39.5 Å². The maximum atomic E-state index is 13.1. The molecule has 0 saturated heterocycles. The summed E-state index contributed by atoms with van der Waals surface area (Å²) in [5, 5.41) is 10.6. The minimum Gasteiger partial charge on any atom is -0.462 e. The van der Waals surface area contributed by atoms with Crippen LogP contribution in [0.4, 0.5) is 0 Å². The summed E-state index contributed by atoms with van der Waals surface area (Å²) in [7, 11) is -9.91. The molecule has 582 valence electrons. The Morgan fingerprint density at radius 3 is 0.724 bits per heavy atom. The average molecular weight is 1440 g/mol. The predicted molar refractivity (Wildman–Crippen MR) is 400 cm³/mol. The quantitative estimate of drug-likeness (QED) is 0.0222. The molecule has 0 aliphatic rings. The fourth-order valence-electron chi connectivity index (χ4n) is 12.2. The Hall–Kier alpha value is -1.94. The van der Waals surface area contributed by atoms with Crippen LogP contribution in [-0.2, 0) is 65.4 Å². The van der Waals surface area contributed by atoms with Gasteiger partial charge in [0.25, 0.3) is 0 Å². The number of hydrogen-bond donors (Lipinski definition) is 3. The maximum Gasteiger partial charge on any atom is 0.472 e. The first-order valence-electron chi connectivity index (χ1n) is 41.2. The number of hydrogen-bond acceptors (Lipinski definition) is 15. The first-order valence-corrected chi connectivity index (χ1v) is 44.2. The van der Waals surface area contributed by atoms with Gasteiger partial charge in [0.2, 0.25) is 0 Å². The second kappa shape index (κ2) is 72.0. The van der Waals surface area contributed by atoms with Crippen molar-refractivity contribution in [1.29, 1.82) is 0 Å². The summed E-state index contributed by atoms with van der Waals surface area (Å²) in [6.45, 7) is 7.33. The van der Waals surface area contributed by atoms with Gasteiger partial charge in [0, 0.05) is 25.7 Å². The van der Waals surface area contributed by atoms with Crippen molar-refractivity contribution in [1.82, 2.24) is 0 Å². The number of ether oxygens (including phenoxy) is 4. The predicted octanol–water partition coefficient (Wildman–Crippen LogP) is 23.6. The molecule has 0 aliphatic carbocycles. The Labute approximate surface area is 600 Å². The first-order chi connectivity index (χ1) is 47.6. The molecule has 0 heterocycles. The van der Waals surface area contributed by atoms with Gasteiger partial charge in [-0.2, -0.15) is 0 Å². The van der Waals surface area contributed by atoms with Crippen LogP contribution in [0.1, 0.15) is 420 Å². The molecule has 17 nitrogen and oxygen atoms in total. The third kappa shape index (κ3) is 71.1. The average Bonchev–Trinajstić information content (AvgIpc) is 0.971. The molecular weight excluding hydrogens is 1280 g/mol. The topological polar surface area (TPSA) is 237 Å². The summed E-state index contributed by atoms with van der Waals surface area (Å²) in [4.78, 5) is 72.7. The fraction of sp³-hybridized carbons (Fsp3) is 0.949. The molecule has 6 atom stereocenters. The van der Waals surface area contributed by atoms with E-state index in [4.69, 9.17) is 37.0 Å². The SMILES string of the molecule is CCCCCCCCCCCCCCCCCCCCC(=O)OC[C@H](COP(=O)(O)OC[C@@H](O)COP(=O)(O)OC[C@@H](COC(=O)CCCCCCCCC)OC(=O)CCCCCCCCCCCCC)OC(=O)CCCCCCCCCCCCCCCCCCCCC(C)CC. The van der Waals surface area contributed by atoms with Gasteiger partial charge < -0.3 is 33.8 Å². The zero-order chi connectivity index (χ0) is 71.9. The molecule has 0 amide bonds. The Bertz CT molecular complexity index is 1880. The van der Waals surface area contributed by atoms with Gasteiger partial charge in [-0.25, -0.2) is 9.13 Å². The number of esters is 4. The van der Waals surface area contributed by atoms with E-state index in [9.17, 15) is 43.2 Å². The van der Waals surface area contributed by atoms with Crippen molar-refractivity contribution < 1.29 is 80.2 Å². The lowest BCUT2D eigenvalue weighted by molar-refractivity contribution is -0.161. The lowest BCUT2D eigenvalue weighted by atomic mass is 9.99. The van der Waals surface area contributed by atoms with Crippen LogP contribution in [0.5, 0.6) is 0 Å². The van der Waals surface area contributed by atoms with E-state index >= 15 is 0 Å². The zero-order valence-corrected chi connectivity index (χ0v) is 65.7. The molecule has 0 radical (unpaired) electrons. The van der Waals surface area contributed by atoms with Crippen LogP contribution >= 0.6 is 15.6 Å². The number of carbonyl (C=O) groups excluding carboxylic acids is 4. The summed E-state index contributed by atoms with van der Waals surface area (Å²) < 4.78 is 68.5. The van der Waals surface area contributed by atoms with Crippen molar-refractivity contribution in [2.75, 3.05) is 39.6 Å². The van der Waals surface area contributed by atoms with Gasteiger partial charge in [0.15, 0.2) is 12.2 Å². The molecule has 0 aromatic carbocycles. The highest BCUT2D eigenvalue weighted by atomic mass is 31.2. The number of phosphoric ester groups is 2.